The molecule has 196 valence electrons. The van der Waals surface area contributed by atoms with Crippen LogP contribution in [-0.2, 0) is 22.5 Å². The number of nitrogens with zero attached hydrogens (tertiary/aromatic N) is 4. The summed E-state index contributed by atoms with van der Waals surface area (Å²) in [6.45, 7) is 0.105. The van der Waals surface area contributed by atoms with E-state index in [0.29, 0.717) is 35.6 Å². The van der Waals surface area contributed by atoms with Crippen LogP contribution in [0.4, 0.5) is 14.5 Å². The summed E-state index contributed by atoms with van der Waals surface area (Å²) in [6, 6.07) is 16.9. The average molecular weight is 522 g/mol. The predicted octanol–water partition coefficient (Wildman–Crippen LogP) is 4.74. The summed E-state index contributed by atoms with van der Waals surface area (Å²) in [5, 5.41) is 15.3. The molecule has 1 aliphatic rings. The van der Waals surface area contributed by atoms with E-state index < -0.39 is 23.1 Å². The summed E-state index contributed by atoms with van der Waals surface area (Å²) >= 11 is 0. The zero-order valence-electron chi connectivity index (χ0n) is 20.3. The van der Waals surface area contributed by atoms with Crippen molar-refractivity contribution >= 4 is 17.5 Å². The Morgan fingerprint density at radius 1 is 1.16 bits per heavy atom. The lowest BCUT2D eigenvalue weighted by atomic mass is 9.90. The molecule has 1 heterocycles. The molecule has 4 rings (SSSR count). The molecule has 3 aromatic rings. The van der Waals surface area contributed by atoms with E-state index in [-0.39, 0.29) is 37.6 Å². The molecule has 1 atom stereocenters. The number of carbonyl (C=O) groups is 1. The maximum absolute atomic E-state index is 14.2. The molecular formula is C27H25F2N5O4. The molecular weight excluding hydrogens is 496 g/mol. The second-order valence-electron chi connectivity index (χ2n) is 8.60. The van der Waals surface area contributed by atoms with Crippen LogP contribution in [0.3, 0.4) is 0 Å². The summed E-state index contributed by atoms with van der Waals surface area (Å²) in [7, 11) is 0. The maximum Gasteiger partial charge on any atom is 0.252 e. The molecule has 0 bridgehead atoms. The van der Waals surface area contributed by atoms with Crippen molar-refractivity contribution in [2.24, 2.45) is 10.1 Å². The van der Waals surface area contributed by atoms with Crippen LogP contribution < -0.4 is 10.1 Å². The Balaban J connectivity index is 1.62. The molecule has 2 N–H and O–H groups in total. The molecule has 0 saturated carbocycles. The number of aliphatic hydroxyl groups is 1. The highest BCUT2D eigenvalue weighted by Crippen LogP contribution is 2.31. The molecule has 0 spiro atoms. The van der Waals surface area contributed by atoms with E-state index >= 15 is 0 Å². The molecule has 9 nitrogen and oxygen atoms in total. The highest BCUT2D eigenvalue weighted by Gasteiger charge is 2.44. The number of amides is 1. The molecule has 3 aromatic carbocycles. The average Bonchev–Trinajstić information content (AvgIpc) is 3.35. The Morgan fingerprint density at radius 2 is 1.95 bits per heavy atom. The number of azide groups is 1. The van der Waals surface area contributed by atoms with Crippen molar-refractivity contribution < 1.29 is 28.2 Å². The SMILES string of the molecule is [N-]=[N+]=Nc1ccccc1C[C@]1(C(=O)NCc2ccc(F)cc2F)COC(c2ccc(OCCCO)cc2)=N1. The third kappa shape index (κ3) is 6.26. The number of carbonyl (C=O) groups excluding carboxylic acids is 1. The quantitative estimate of drug-likeness (QED) is 0.163. The number of hydrogen-bond donors (Lipinski definition) is 2. The third-order valence-corrected chi connectivity index (χ3v) is 5.94. The van der Waals surface area contributed by atoms with Crippen molar-refractivity contribution in [3.63, 3.8) is 0 Å². The number of halogens is 2. The molecule has 1 amide bonds. The highest BCUT2D eigenvalue weighted by molar-refractivity contribution is 6.00. The first-order valence-corrected chi connectivity index (χ1v) is 11.9. The van der Waals surface area contributed by atoms with E-state index in [1.54, 1.807) is 48.5 Å². The van der Waals surface area contributed by atoms with Crippen LogP contribution in [0.25, 0.3) is 10.4 Å². The van der Waals surface area contributed by atoms with Gasteiger partial charge in [0.25, 0.3) is 5.91 Å². The summed E-state index contributed by atoms with van der Waals surface area (Å²) in [6.07, 6.45) is 0.556. The predicted molar refractivity (Wildman–Crippen MR) is 136 cm³/mol. The monoisotopic (exact) mass is 521 g/mol. The summed E-state index contributed by atoms with van der Waals surface area (Å²) in [5.74, 6) is -1.19. The van der Waals surface area contributed by atoms with Crippen LogP contribution in [0.2, 0.25) is 0 Å². The lowest BCUT2D eigenvalue weighted by molar-refractivity contribution is -0.126. The van der Waals surface area contributed by atoms with Gasteiger partial charge in [0.05, 0.1) is 6.61 Å². The maximum atomic E-state index is 14.2. The fourth-order valence-corrected chi connectivity index (χ4v) is 3.96. The van der Waals surface area contributed by atoms with Crippen molar-refractivity contribution in [1.29, 1.82) is 0 Å². The Kier molecular flexibility index (Phi) is 8.52. The Hall–Kier alpha value is -4.47. The normalized spacial score (nSPS) is 16.2. The number of ether oxygens (including phenoxy) is 2. The Bertz CT molecular complexity index is 1380. The van der Waals surface area contributed by atoms with Crippen molar-refractivity contribution in [2.45, 2.75) is 24.9 Å². The van der Waals surface area contributed by atoms with Gasteiger partial charge in [0.15, 0.2) is 5.54 Å². The van der Waals surface area contributed by atoms with Crippen LogP contribution in [-0.4, -0.2) is 42.3 Å². The topological polar surface area (TPSA) is 129 Å². The number of hydrogen-bond acceptors (Lipinski definition) is 6. The zero-order valence-corrected chi connectivity index (χ0v) is 20.3. The molecule has 0 radical (unpaired) electrons. The van der Waals surface area contributed by atoms with Gasteiger partial charge in [0.1, 0.15) is 24.0 Å². The Labute approximate surface area is 217 Å². The zero-order chi connectivity index (χ0) is 27.0. The third-order valence-electron chi connectivity index (χ3n) is 5.94. The van der Waals surface area contributed by atoms with Gasteiger partial charge >= 0.3 is 0 Å². The van der Waals surface area contributed by atoms with Gasteiger partial charge in [-0.25, -0.2) is 13.8 Å². The molecule has 0 saturated heterocycles. The number of rotatable bonds is 11. The van der Waals surface area contributed by atoms with Gasteiger partial charge in [-0.2, -0.15) is 0 Å². The van der Waals surface area contributed by atoms with Gasteiger partial charge in [-0.05, 0) is 41.4 Å². The van der Waals surface area contributed by atoms with Gasteiger partial charge in [-0.15, -0.1) is 0 Å². The minimum absolute atomic E-state index is 0.0312. The summed E-state index contributed by atoms with van der Waals surface area (Å²) in [5.41, 5.74) is 9.17. The van der Waals surface area contributed by atoms with E-state index in [2.05, 4.69) is 20.3 Å². The van der Waals surface area contributed by atoms with Gasteiger partial charge in [0, 0.05) is 53.8 Å². The first-order chi connectivity index (χ1) is 18.4. The van der Waals surface area contributed by atoms with Gasteiger partial charge in [-0.1, -0.05) is 35.4 Å². The summed E-state index contributed by atoms with van der Waals surface area (Å²) in [4.78, 5) is 21.0. The van der Waals surface area contributed by atoms with Gasteiger partial charge < -0.3 is 19.9 Å². The fraction of sp³-hybridized carbons (Fsp3) is 0.259. The largest absolute Gasteiger partial charge is 0.494 e. The van der Waals surface area contributed by atoms with Crippen LogP contribution in [0.1, 0.15) is 23.1 Å². The van der Waals surface area contributed by atoms with Gasteiger partial charge in [-0.3, -0.25) is 4.79 Å². The lowest BCUT2D eigenvalue weighted by Gasteiger charge is -2.24. The van der Waals surface area contributed by atoms with Crippen LogP contribution in [0.15, 0.2) is 76.8 Å². The molecule has 38 heavy (non-hydrogen) atoms. The smallest absolute Gasteiger partial charge is 0.252 e. The first kappa shape index (κ1) is 26.6. The van der Waals surface area contributed by atoms with E-state index in [4.69, 9.17) is 20.1 Å². The van der Waals surface area contributed by atoms with Crippen molar-refractivity contribution in [3.8, 4) is 5.75 Å². The lowest BCUT2D eigenvalue weighted by Crippen LogP contribution is -2.48. The minimum atomic E-state index is -1.44. The van der Waals surface area contributed by atoms with Crippen LogP contribution in [0.5, 0.6) is 5.75 Å². The second kappa shape index (κ2) is 12.2. The van der Waals surface area contributed by atoms with Crippen LogP contribution in [0, 0.1) is 11.6 Å². The number of nitrogens with one attached hydrogen (secondary N) is 1. The first-order valence-electron chi connectivity index (χ1n) is 11.9. The number of aliphatic imine (C=N–C) groups is 1. The molecule has 11 heteroatoms. The molecule has 0 aliphatic carbocycles. The molecule has 0 unspecified atom stereocenters. The fourth-order valence-electron chi connectivity index (χ4n) is 3.96. The van der Waals surface area contributed by atoms with Gasteiger partial charge in [0.2, 0.25) is 5.90 Å². The number of aliphatic hydroxyl groups excluding tert-OH is 1. The summed E-state index contributed by atoms with van der Waals surface area (Å²) < 4.78 is 38.9. The van der Waals surface area contributed by atoms with E-state index in [1.807, 2.05) is 0 Å². The van der Waals surface area contributed by atoms with Crippen molar-refractivity contribution in [1.82, 2.24) is 5.32 Å². The van der Waals surface area contributed by atoms with Crippen LogP contribution >= 0.6 is 0 Å². The van der Waals surface area contributed by atoms with E-state index in [0.717, 1.165) is 12.1 Å². The number of benzene rings is 3. The van der Waals surface area contributed by atoms with Crippen molar-refractivity contribution in [2.75, 3.05) is 19.8 Å². The minimum Gasteiger partial charge on any atom is -0.494 e. The molecule has 0 aromatic heterocycles. The van der Waals surface area contributed by atoms with Crippen molar-refractivity contribution in [3.05, 3.63) is 105 Å². The van der Waals surface area contributed by atoms with E-state index in [1.165, 1.54) is 6.07 Å². The van der Waals surface area contributed by atoms with E-state index in [9.17, 15) is 13.6 Å². The standard InChI is InChI=1S/C27H25F2N5O4/c28-21-9-6-20(23(29)14-21)16-31-26(36)27(15-19-4-1-2-5-24(19)33-34-30)17-38-25(32-27)18-7-10-22(11-8-18)37-13-3-12-35/h1-2,4-11,14,35H,3,12-13,15-17H2,(H,31,36)/t27-/m1/s1. The molecule has 0 fully saturated rings. The second-order valence-corrected chi connectivity index (χ2v) is 8.60. The molecule has 1 aliphatic heterocycles. The Morgan fingerprint density at radius 3 is 2.68 bits per heavy atom. The highest BCUT2D eigenvalue weighted by atomic mass is 19.1.